The number of hydrogen-bond donors (Lipinski definition) is 1. The number of aryl methyl sites for hydroxylation is 1. The van der Waals surface area contributed by atoms with Crippen molar-refractivity contribution in [1.29, 1.82) is 0 Å². The fraction of sp³-hybridized carbons (Fsp3) is 0.176. The minimum atomic E-state index is -0.226. The number of amides is 1. The molecule has 3 rings (SSSR count). The lowest BCUT2D eigenvalue weighted by Crippen LogP contribution is -2.20. The molecule has 0 unspecified atom stereocenters. The van der Waals surface area contributed by atoms with E-state index in [-0.39, 0.29) is 12.5 Å². The molecule has 0 saturated heterocycles. The summed E-state index contributed by atoms with van der Waals surface area (Å²) in [7, 11) is 3.53. The van der Waals surface area contributed by atoms with Crippen LogP contribution in [0.2, 0.25) is 0 Å². The first-order valence-electron chi connectivity index (χ1n) is 7.13. The number of nitrogens with one attached hydrogen (secondary N) is 1. The minimum absolute atomic E-state index is 0.0629. The fourth-order valence-electron chi connectivity index (χ4n) is 2.23. The van der Waals surface area contributed by atoms with E-state index in [2.05, 4.69) is 10.3 Å². The maximum Gasteiger partial charge on any atom is 0.262 e. The summed E-state index contributed by atoms with van der Waals surface area (Å²) in [5.74, 6) is 1.13. The molecule has 6 heteroatoms. The van der Waals surface area contributed by atoms with E-state index in [4.69, 9.17) is 9.47 Å². The van der Waals surface area contributed by atoms with Gasteiger partial charge in [0.15, 0.2) is 6.61 Å². The molecule has 0 bridgehead atoms. The van der Waals surface area contributed by atoms with Gasteiger partial charge in [-0.2, -0.15) is 0 Å². The van der Waals surface area contributed by atoms with Crippen molar-refractivity contribution in [1.82, 2.24) is 9.55 Å². The van der Waals surface area contributed by atoms with Crippen molar-refractivity contribution in [3.05, 3.63) is 48.8 Å². The molecular formula is C17H17N3O3. The molecule has 1 aromatic heterocycles. The summed E-state index contributed by atoms with van der Waals surface area (Å²) in [6.07, 6.45) is 1.74. The molecule has 0 aliphatic heterocycles. The zero-order valence-electron chi connectivity index (χ0n) is 12.9. The minimum Gasteiger partial charge on any atom is -0.497 e. The molecule has 118 valence electrons. The van der Waals surface area contributed by atoms with Gasteiger partial charge in [-0.05, 0) is 42.5 Å². The third-order valence-corrected chi connectivity index (χ3v) is 3.44. The average Bonchev–Trinajstić information content (AvgIpc) is 2.94. The molecule has 0 radical (unpaired) electrons. The van der Waals surface area contributed by atoms with Crippen LogP contribution in [0.1, 0.15) is 0 Å². The predicted octanol–water partition coefficient (Wildman–Crippen LogP) is 2.60. The Labute approximate surface area is 133 Å². The smallest absolute Gasteiger partial charge is 0.262 e. The first-order valence-corrected chi connectivity index (χ1v) is 7.13. The van der Waals surface area contributed by atoms with Gasteiger partial charge in [-0.1, -0.05) is 0 Å². The van der Waals surface area contributed by atoms with Gasteiger partial charge in [-0.15, -0.1) is 0 Å². The highest BCUT2D eigenvalue weighted by Crippen LogP contribution is 2.18. The van der Waals surface area contributed by atoms with Crippen molar-refractivity contribution in [2.45, 2.75) is 0 Å². The maximum absolute atomic E-state index is 12.0. The quantitative estimate of drug-likeness (QED) is 0.786. The lowest BCUT2D eigenvalue weighted by Gasteiger charge is -2.08. The fourth-order valence-corrected chi connectivity index (χ4v) is 2.23. The Morgan fingerprint density at radius 1 is 1.17 bits per heavy atom. The molecule has 0 fully saturated rings. The number of carbonyl (C=O) groups excluding carboxylic acids is 1. The van der Waals surface area contributed by atoms with Gasteiger partial charge in [-0.25, -0.2) is 4.98 Å². The summed E-state index contributed by atoms with van der Waals surface area (Å²) in [5.41, 5.74) is 2.54. The molecule has 1 amide bonds. The highest BCUT2D eigenvalue weighted by Gasteiger charge is 2.06. The maximum atomic E-state index is 12.0. The van der Waals surface area contributed by atoms with Crippen LogP contribution in [0, 0.1) is 0 Å². The number of nitrogens with zero attached hydrogens (tertiary/aromatic N) is 2. The van der Waals surface area contributed by atoms with Gasteiger partial charge >= 0.3 is 0 Å². The van der Waals surface area contributed by atoms with Crippen molar-refractivity contribution in [3.8, 4) is 11.5 Å². The number of rotatable bonds is 5. The number of imidazole rings is 1. The predicted molar refractivity (Wildman–Crippen MR) is 87.8 cm³/mol. The SMILES string of the molecule is COc1ccc(OCC(=O)Nc2ccc3c(c2)ncn3C)cc1. The Morgan fingerprint density at radius 2 is 1.91 bits per heavy atom. The Hall–Kier alpha value is -3.02. The number of aromatic nitrogens is 2. The average molecular weight is 311 g/mol. The number of ether oxygens (including phenoxy) is 2. The van der Waals surface area contributed by atoms with Gasteiger partial charge in [0.25, 0.3) is 5.91 Å². The van der Waals surface area contributed by atoms with Crippen molar-refractivity contribution >= 4 is 22.6 Å². The van der Waals surface area contributed by atoms with E-state index in [1.165, 1.54) is 0 Å². The van der Waals surface area contributed by atoms with Crippen molar-refractivity contribution < 1.29 is 14.3 Å². The number of benzene rings is 2. The van der Waals surface area contributed by atoms with E-state index >= 15 is 0 Å². The van der Waals surface area contributed by atoms with Crippen LogP contribution in [0.15, 0.2) is 48.8 Å². The van der Waals surface area contributed by atoms with Crippen molar-refractivity contribution in [2.75, 3.05) is 19.0 Å². The van der Waals surface area contributed by atoms with E-state index in [9.17, 15) is 4.79 Å². The van der Waals surface area contributed by atoms with E-state index in [1.54, 1.807) is 37.7 Å². The van der Waals surface area contributed by atoms with Crippen molar-refractivity contribution in [3.63, 3.8) is 0 Å². The Bertz CT molecular complexity index is 825. The number of methoxy groups -OCH3 is 1. The molecule has 1 N–H and O–H groups in total. The molecule has 0 aliphatic rings. The first-order chi connectivity index (χ1) is 11.2. The zero-order chi connectivity index (χ0) is 16.2. The number of hydrogen-bond acceptors (Lipinski definition) is 4. The monoisotopic (exact) mass is 311 g/mol. The Balaban J connectivity index is 1.59. The Kier molecular flexibility index (Phi) is 4.14. The highest BCUT2D eigenvalue weighted by molar-refractivity contribution is 5.94. The molecule has 0 spiro atoms. The Morgan fingerprint density at radius 3 is 2.65 bits per heavy atom. The normalized spacial score (nSPS) is 10.5. The molecular weight excluding hydrogens is 294 g/mol. The topological polar surface area (TPSA) is 65.4 Å². The van der Waals surface area contributed by atoms with Gasteiger partial charge in [0.2, 0.25) is 0 Å². The van der Waals surface area contributed by atoms with E-state index in [1.807, 2.05) is 29.8 Å². The summed E-state index contributed by atoms with van der Waals surface area (Å²) >= 11 is 0. The molecule has 1 heterocycles. The van der Waals surface area contributed by atoms with Crippen LogP contribution in [-0.4, -0.2) is 29.2 Å². The molecule has 0 atom stereocenters. The number of fused-ring (bicyclic) bond motifs is 1. The van der Waals surface area contributed by atoms with Gasteiger partial charge in [0.1, 0.15) is 11.5 Å². The van der Waals surface area contributed by atoms with Crippen LogP contribution in [0.5, 0.6) is 11.5 Å². The van der Waals surface area contributed by atoms with Gasteiger partial charge in [-0.3, -0.25) is 4.79 Å². The van der Waals surface area contributed by atoms with E-state index in [0.717, 1.165) is 16.8 Å². The first kappa shape index (κ1) is 14.9. The third kappa shape index (κ3) is 3.42. The van der Waals surface area contributed by atoms with Crippen LogP contribution in [0.4, 0.5) is 5.69 Å². The van der Waals surface area contributed by atoms with Gasteiger partial charge < -0.3 is 19.4 Å². The van der Waals surface area contributed by atoms with Gasteiger partial charge in [0.05, 0.1) is 24.5 Å². The van der Waals surface area contributed by atoms with Crippen LogP contribution >= 0.6 is 0 Å². The van der Waals surface area contributed by atoms with E-state index < -0.39 is 0 Å². The lowest BCUT2D eigenvalue weighted by atomic mass is 10.2. The molecule has 3 aromatic rings. The second-order valence-corrected chi connectivity index (χ2v) is 5.07. The van der Waals surface area contributed by atoms with Crippen LogP contribution in [-0.2, 0) is 11.8 Å². The van der Waals surface area contributed by atoms with Crippen LogP contribution in [0.3, 0.4) is 0 Å². The van der Waals surface area contributed by atoms with Crippen LogP contribution in [0.25, 0.3) is 11.0 Å². The third-order valence-electron chi connectivity index (χ3n) is 3.44. The summed E-state index contributed by atoms with van der Waals surface area (Å²) in [4.78, 5) is 16.2. The van der Waals surface area contributed by atoms with Crippen LogP contribution < -0.4 is 14.8 Å². The zero-order valence-corrected chi connectivity index (χ0v) is 12.9. The molecule has 0 aliphatic carbocycles. The second-order valence-electron chi connectivity index (χ2n) is 5.07. The summed E-state index contributed by atoms with van der Waals surface area (Å²) in [6, 6.07) is 12.7. The highest BCUT2D eigenvalue weighted by atomic mass is 16.5. The summed E-state index contributed by atoms with van der Waals surface area (Å²) in [5, 5.41) is 2.80. The molecule has 6 nitrogen and oxygen atoms in total. The van der Waals surface area contributed by atoms with Gasteiger partial charge in [0, 0.05) is 12.7 Å². The lowest BCUT2D eigenvalue weighted by molar-refractivity contribution is -0.118. The van der Waals surface area contributed by atoms with E-state index in [0.29, 0.717) is 11.4 Å². The van der Waals surface area contributed by atoms with Crippen molar-refractivity contribution in [2.24, 2.45) is 7.05 Å². The summed E-state index contributed by atoms with van der Waals surface area (Å²) in [6.45, 7) is -0.0629. The number of anilines is 1. The molecule has 2 aromatic carbocycles. The standard InChI is InChI=1S/C17H17N3O3/c1-20-11-18-15-9-12(3-8-16(15)20)19-17(21)10-23-14-6-4-13(22-2)5-7-14/h3-9,11H,10H2,1-2H3,(H,19,21). The summed E-state index contributed by atoms with van der Waals surface area (Å²) < 4.78 is 12.4. The second kappa shape index (κ2) is 6.39. The molecule has 23 heavy (non-hydrogen) atoms. The molecule has 0 saturated carbocycles. The largest absolute Gasteiger partial charge is 0.497 e. The number of carbonyl (C=O) groups is 1.